The molecule has 26 heavy (non-hydrogen) atoms. The molecular weight excluding hydrogens is 336 g/mol. The number of aryl methyl sites for hydroxylation is 1. The number of nitro benzene ring substituents is 1. The second kappa shape index (κ2) is 7.72. The molecule has 2 aromatic rings. The van der Waals surface area contributed by atoms with Gasteiger partial charge < -0.3 is 14.2 Å². The highest BCUT2D eigenvalue weighted by Gasteiger charge is 2.22. The number of rotatable bonds is 6. The number of fused-ring (bicyclic) bond motifs is 1. The van der Waals surface area contributed by atoms with Crippen molar-refractivity contribution in [3.8, 4) is 11.5 Å². The van der Waals surface area contributed by atoms with Gasteiger partial charge in [0.1, 0.15) is 11.5 Å². The molecule has 1 heterocycles. The average molecular weight is 358 g/mol. The van der Waals surface area contributed by atoms with E-state index >= 15 is 0 Å². The van der Waals surface area contributed by atoms with Crippen LogP contribution in [0.15, 0.2) is 30.3 Å². The summed E-state index contributed by atoms with van der Waals surface area (Å²) in [5.74, 6) is 1.51. The van der Waals surface area contributed by atoms with Crippen LogP contribution in [0.4, 0.5) is 5.69 Å². The molecule has 0 unspecified atom stereocenters. The number of benzene rings is 2. The highest BCUT2D eigenvalue weighted by atomic mass is 16.7. The molecule has 1 aliphatic rings. The maximum Gasteiger partial charge on any atom is 0.270 e. The topological polar surface area (TPSA) is 74.1 Å². The predicted octanol–water partition coefficient (Wildman–Crippen LogP) is 3.41. The highest BCUT2D eigenvalue weighted by molar-refractivity contribution is 5.50. The van der Waals surface area contributed by atoms with Gasteiger partial charge in [-0.15, -0.1) is 0 Å². The van der Waals surface area contributed by atoms with Crippen molar-refractivity contribution >= 4 is 5.69 Å². The largest absolute Gasteiger partial charge is 0.496 e. The van der Waals surface area contributed by atoms with Crippen LogP contribution in [0.25, 0.3) is 0 Å². The molecule has 0 fully saturated rings. The minimum absolute atomic E-state index is 0.0504. The Labute approximate surface area is 152 Å². The van der Waals surface area contributed by atoms with Crippen molar-refractivity contribution in [2.75, 3.05) is 21.0 Å². The van der Waals surface area contributed by atoms with Crippen molar-refractivity contribution in [3.05, 3.63) is 62.7 Å². The van der Waals surface area contributed by atoms with E-state index in [1.165, 1.54) is 6.07 Å². The summed E-state index contributed by atoms with van der Waals surface area (Å²) in [4.78, 5) is 12.9. The third kappa shape index (κ3) is 3.95. The Morgan fingerprint density at radius 1 is 1.23 bits per heavy atom. The summed E-state index contributed by atoms with van der Waals surface area (Å²) in [6.45, 7) is 3.68. The van der Waals surface area contributed by atoms with Crippen LogP contribution in [0, 0.1) is 17.0 Å². The molecule has 0 saturated carbocycles. The minimum atomic E-state index is -0.387. The fourth-order valence-corrected chi connectivity index (χ4v) is 3.17. The van der Waals surface area contributed by atoms with Crippen molar-refractivity contribution in [3.63, 3.8) is 0 Å². The molecule has 0 amide bonds. The van der Waals surface area contributed by atoms with Crippen LogP contribution >= 0.6 is 0 Å². The van der Waals surface area contributed by atoms with Crippen LogP contribution in [0.5, 0.6) is 11.5 Å². The zero-order valence-electron chi connectivity index (χ0n) is 15.2. The zero-order valence-corrected chi connectivity index (χ0v) is 15.2. The van der Waals surface area contributed by atoms with Crippen molar-refractivity contribution in [2.24, 2.45) is 0 Å². The van der Waals surface area contributed by atoms with E-state index in [9.17, 15) is 10.1 Å². The number of methoxy groups -OCH3 is 1. The van der Waals surface area contributed by atoms with Gasteiger partial charge in [0.2, 0.25) is 0 Å². The first-order chi connectivity index (χ1) is 12.5. The lowest BCUT2D eigenvalue weighted by atomic mass is 10.1. The predicted molar refractivity (Wildman–Crippen MR) is 96.3 cm³/mol. The normalized spacial score (nSPS) is 13.2. The first-order valence-electron chi connectivity index (χ1n) is 8.30. The summed E-state index contributed by atoms with van der Waals surface area (Å²) in [6, 6.07) is 9.14. The molecule has 0 N–H and O–H groups in total. The van der Waals surface area contributed by atoms with E-state index in [2.05, 4.69) is 11.0 Å². The summed E-state index contributed by atoms with van der Waals surface area (Å²) in [5.41, 5.74) is 3.77. The number of nitrogens with zero attached hydrogens (tertiary/aromatic N) is 2. The second-order valence-corrected chi connectivity index (χ2v) is 6.45. The van der Waals surface area contributed by atoms with Gasteiger partial charge in [-0.2, -0.15) is 0 Å². The summed E-state index contributed by atoms with van der Waals surface area (Å²) in [6.07, 6.45) is 0. The van der Waals surface area contributed by atoms with Gasteiger partial charge >= 0.3 is 0 Å². The number of non-ortho nitro benzene ring substituents is 1. The number of ether oxygens (including phenoxy) is 3. The second-order valence-electron chi connectivity index (χ2n) is 6.45. The molecule has 7 heteroatoms. The van der Waals surface area contributed by atoms with Crippen molar-refractivity contribution in [2.45, 2.75) is 26.6 Å². The van der Waals surface area contributed by atoms with Gasteiger partial charge in [0.25, 0.3) is 5.69 Å². The van der Waals surface area contributed by atoms with E-state index in [1.54, 1.807) is 13.2 Å². The Morgan fingerprint density at radius 3 is 2.73 bits per heavy atom. The molecule has 3 rings (SSSR count). The molecule has 0 radical (unpaired) electrons. The number of nitro groups is 1. The van der Waals surface area contributed by atoms with E-state index in [-0.39, 0.29) is 17.4 Å². The van der Waals surface area contributed by atoms with Crippen LogP contribution in [0.3, 0.4) is 0 Å². The summed E-state index contributed by atoms with van der Waals surface area (Å²) < 4.78 is 16.3. The quantitative estimate of drug-likeness (QED) is 0.582. The van der Waals surface area contributed by atoms with Crippen LogP contribution in [0.1, 0.15) is 22.3 Å². The maximum atomic E-state index is 11.2. The molecule has 0 atom stereocenters. The van der Waals surface area contributed by atoms with Crippen molar-refractivity contribution < 1.29 is 19.1 Å². The molecular formula is C19H22N2O5. The van der Waals surface area contributed by atoms with Gasteiger partial charge in [-0.05, 0) is 20.0 Å². The van der Waals surface area contributed by atoms with Crippen LogP contribution < -0.4 is 9.47 Å². The molecule has 0 spiro atoms. The van der Waals surface area contributed by atoms with Crippen LogP contribution in [-0.4, -0.2) is 30.8 Å². The Morgan fingerprint density at radius 2 is 2.00 bits per heavy atom. The summed E-state index contributed by atoms with van der Waals surface area (Å²) in [5, 5.41) is 11.2. The Bertz CT molecular complexity index is 822. The molecule has 0 saturated heterocycles. The van der Waals surface area contributed by atoms with E-state index in [1.807, 2.05) is 26.1 Å². The first kappa shape index (κ1) is 18.2. The number of hydrogen-bond donors (Lipinski definition) is 0. The van der Waals surface area contributed by atoms with Crippen LogP contribution in [0.2, 0.25) is 0 Å². The Balaban J connectivity index is 1.85. The van der Waals surface area contributed by atoms with Crippen LogP contribution in [-0.2, 0) is 24.4 Å². The molecule has 7 nitrogen and oxygen atoms in total. The van der Waals surface area contributed by atoms with E-state index in [0.717, 1.165) is 22.4 Å². The number of hydrogen-bond acceptors (Lipinski definition) is 6. The Hall–Kier alpha value is -2.64. The molecule has 2 aromatic carbocycles. The standard InChI is InChI=1S/C19H22N2O5/c1-13-4-5-18(24-3)14(6-13)9-20(2)10-15-7-17(21(22)23)8-16-11-25-12-26-19(15)16/h4-8H,9-12H2,1-3H3. The third-order valence-corrected chi connectivity index (χ3v) is 4.30. The van der Waals surface area contributed by atoms with Gasteiger partial charge in [0, 0.05) is 41.9 Å². The fourth-order valence-electron chi connectivity index (χ4n) is 3.17. The van der Waals surface area contributed by atoms with Gasteiger partial charge in [0.05, 0.1) is 18.6 Å². The lowest BCUT2D eigenvalue weighted by Crippen LogP contribution is -2.20. The summed E-state index contributed by atoms with van der Waals surface area (Å²) in [7, 11) is 3.62. The molecule has 0 aliphatic carbocycles. The lowest BCUT2D eigenvalue weighted by molar-refractivity contribution is -0.385. The first-order valence-corrected chi connectivity index (χ1v) is 8.30. The summed E-state index contributed by atoms with van der Waals surface area (Å²) >= 11 is 0. The molecule has 0 bridgehead atoms. The van der Waals surface area contributed by atoms with E-state index < -0.39 is 0 Å². The van der Waals surface area contributed by atoms with Crippen molar-refractivity contribution in [1.29, 1.82) is 0 Å². The monoisotopic (exact) mass is 358 g/mol. The average Bonchev–Trinajstić information content (AvgIpc) is 2.61. The van der Waals surface area contributed by atoms with E-state index in [0.29, 0.717) is 31.0 Å². The Kier molecular flexibility index (Phi) is 5.39. The molecule has 1 aliphatic heterocycles. The zero-order chi connectivity index (χ0) is 18.7. The smallest absolute Gasteiger partial charge is 0.270 e. The SMILES string of the molecule is COc1ccc(C)cc1CN(C)Cc1cc([N+](=O)[O-])cc2c1OCOC2. The van der Waals surface area contributed by atoms with Gasteiger partial charge in [0.15, 0.2) is 6.79 Å². The third-order valence-electron chi connectivity index (χ3n) is 4.30. The highest BCUT2D eigenvalue weighted by Crippen LogP contribution is 2.33. The van der Waals surface area contributed by atoms with Gasteiger partial charge in [-0.1, -0.05) is 17.7 Å². The van der Waals surface area contributed by atoms with Gasteiger partial charge in [-0.25, -0.2) is 0 Å². The molecule has 0 aromatic heterocycles. The van der Waals surface area contributed by atoms with Gasteiger partial charge in [-0.3, -0.25) is 15.0 Å². The minimum Gasteiger partial charge on any atom is -0.496 e. The fraction of sp³-hybridized carbons (Fsp3) is 0.368. The van der Waals surface area contributed by atoms with E-state index in [4.69, 9.17) is 14.2 Å². The molecule has 138 valence electrons. The van der Waals surface area contributed by atoms with Crippen molar-refractivity contribution in [1.82, 2.24) is 4.90 Å². The lowest BCUT2D eigenvalue weighted by Gasteiger charge is -2.24. The maximum absolute atomic E-state index is 11.2.